The summed E-state index contributed by atoms with van der Waals surface area (Å²) >= 11 is 0. The van der Waals surface area contributed by atoms with Gasteiger partial charge in [0.2, 0.25) is 5.71 Å². The van der Waals surface area contributed by atoms with Gasteiger partial charge in [-0.05, 0) is 0 Å². The predicted octanol–water partition coefficient (Wildman–Crippen LogP) is 0.0405. The van der Waals surface area contributed by atoms with Crippen molar-refractivity contribution in [1.29, 1.82) is 5.26 Å². The number of alkyl halides is 4. The monoisotopic (exact) mass is 300 g/mol. The van der Waals surface area contributed by atoms with E-state index in [9.17, 15) is 27.2 Å². The lowest BCUT2D eigenvalue weighted by molar-refractivity contribution is -0.299. The van der Waals surface area contributed by atoms with Crippen LogP contribution in [0.3, 0.4) is 0 Å². The predicted molar refractivity (Wildman–Crippen MR) is 53.3 cm³/mol. The number of carbonyl (C=O) groups excluding carboxylic acids is 2. The van der Waals surface area contributed by atoms with Crippen LogP contribution in [0, 0.1) is 11.3 Å². The lowest BCUT2D eigenvalue weighted by Crippen LogP contribution is -2.44. The van der Waals surface area contributed by atoms with E-state index >= 15 is 0 Å². The molecule has 112 valence electrons. The minimum absolute atomic E-state index is 0.612. The second-order valence-corrected chi connectivity index (χ2v) is 2.98. The molecule has 0 atom stereocenters. The minimum Gasteiger partial charge on any atom is -0.410 e. The minimum atomic E-state index is -4.65. The van der Waals surface area contributed by atoms with Crippen molar-refractivity contribution in [2.75, 3.05) is 13.2 Å². The summed E-state index contributed by atoms with van der Waals surface area (Å²) in [5.41, 5.74) is -1.01. The summed E-state index contributed by atoms with van der Waals surface area (Å²) < 4.78 is 51.3. The van der Waals surface area contributed by atoms with E-state index in [2.05, 4.69) is 9.89 Å². The maximum absolute atomic E-state index is 12.2. The van der Waals surface area contributed by atoms with Crippen molar-refractivity contribution in [3.8, 4) is 6.07 Å². The van der Waals surface area contributed by atoms with Gasteiger partial charge in [-0.15, -0.1) is 0 Å². The number of urea groups is 1. The number of imide groups is 1. The van der Waals surface area contributed by atoms with Gasteiger partial charge in [0.1, 0.15) is 6.07 Å². The number of amides is 3. The van der Waals surface area contributed by atoms with Crippen LogP contribution in [0.4, 0.5) is 22.4 Å². The van der Waals surface area contributed by atoms with Crippen molar-refractivity contribution in [1.82, 2.24) is 10.6 Å². The molecular weight excluding hydrogens is 292 g/mol. The molecule has 0 saturated carbocycles. The molecule has 0 unspecified atom stereocenters. The van der Waals surface area contributed by atoms with Crippen LogP contribution < -0.4 is 10.6 Å². The molecule has 0 bridgehead atoms. The first kappa shape index (κ1) is 17.6. The Morgan fingerprint density at radius 3 is 2.50 bits per heavy atom. The number of oxime groups is 1. The molecule has 0 aliphatic rings. The fourth-order valence-corrected chi connectivity index (χ4v) is 0.740. The quantitative estimate of drug-likeness (QED) is 0.210. The summed E-state index contributed by atoms with van der Waals surface area (Å²) in [6, 6.07) is -0.0693. The van der Waals surface area contributed by atoms with E-state index in [1.54, 1.807) is 0 Å². The number of ether oxygens (including phenoxy) is 1. The zero-order valence-electron chi connectivity index (χ0n) is 9.57. The number of nitrogens with zero attached hydrogens (tertiary/aromatic N) is 2. The van der Waals surface area contributed by atoms with Crippen LogP contribution in [-0.2, 0) is 9.53 Å². The highest BCUT2D eigenvalue weighted by atomic mass is 19.3. The summed E-state index contributed by atoms with van der Waals surface area (Å²) in [6.45, 7) is -1.56. The molecule has 0 aromatic carbocycles. The van der Waals surface area contributed by atoms with E-state index in [4.69, 9.17) is 10.5 Å². The van der Waals surface area contributed by atoms with E-state index in [1.165, 1.54) is 5.32 Å². The normalized spacial score (nSPS) is 11.9. The average Bonchev–Trinajstić information content (AvgIpc) is 2.36. The van der Waals surface area contributed by atoms with Gasteiger partial charge in [0, 0.05) is 6.54 Å². The molecule has 3 amide bonds. The summed E-state index contributed by atoms with van der Waals surface area (Å²) in [6.07, 6.45) is -8.66. The highest BCUT2D eigenvalue weighted by molar-refractivity contribution is 6.46. The molecule has 0 rings (SSSR count). The fourth-order valence-electron chi connectivity index (χ4n) is 0.740. The van der Waals surface area contributed by atoms with Crippen LogP contribution in [0.1, 0.15) is 0 Å². The first-order valence-electron chi connectivity index (χ1n) is 4.75. The van der Waals surface area contributed by atoms with Crippen LogP contribution >= 0.6 is 0 Å². The second-order valence-electron chi connectivity index (χ2n) is 2.98. The van der Waals surface area contributed by atoms with Crippen LogP contribution in [-0.4, -0.2) is 48.5 Å². The fraction of sp³-hybridized carbons (Fsp3) is 0.500. The smallest absolute Gasteiger partial charge is 0.410 e. The molecule has 0 fully saturated rings. The Bertz CT molecular complexity index is 435. The topological polar surface area (TPSA) is 124 Å². The zero-order chi connectivity index (χ0) is 15.8. The Morgan fingerprint density at radius 1 is 1.45 bits per heavy atom. The number of nitriles is 1. The Kier molecular flexibility index (Phi) is 6.94. The van der Waals surface area contributed by atoms with Crippen molar-refractivity contribution >= 4 is 17.6 Å². The van der Waals surface area contributed by atoms with Gasteiger partial charge in [-0.3, -0.25) is 10.1 Å². The van der Waals surface area contributed by atoms with Gasteiger partial charge < -0.3 is 15.3 Å². The first-order chi connectivity index (χ1) is 9.24. The Hall–Kier alpha value is -2.42. The molecule has 0 spiro atoms. The molecule has 0 aliphatic heterocycles. The molecule has 3 N–H and O–H groups in total. The van der Waals surface area contributed by atoms with Crippen LogP contribution in [0.15, 0.2) is 5.16 Å². The summed E-state index contributed by atoms with van der Waals surface area (Å²) in [5, 5.41) is 22.0. The van der Waals surface area contributed by atoms with Gasteiger partial charge in [-0.2, -0.15) is 14.0 Å². The molecule has 0 aliphatic carbocycles. The number of halogens is 4. The van der Waals surface area contributed by atoms with Gasteiger partial charge in [-0.25, -0.2) is 13.6 Å². The first-order valence-corrected chi connectivity index (χ1v) is 4.75. The number of nitrogens with one attached hydrogen (secondary N) is 2. The molecule has 12 heteroatoms. The van der Waals surface area contributed by atoms with Crippen molar-refractivity contribution in [2.24, 2.45) is 5.16 Å². The van der Waals surface area contributed by atoms with Crippen molar-refractivity contribution in [2.45, 2.75) is 12.5 Å². The molecule has 0 saturated heterocycles. The van der Waals surface area contributed by atoms with Gasteiger partial charge >= 0.3 is 18.6 Å². The second kappa shape index (κ2) is 7.89. The zero-order valence-corrected chi connectivity index (χ0v) is 9.57. The Morgan fingerprint density at radius 2 is 2.05 bits per heavy atom. The number of carbonyl (C=O) groups is 2. The molecular formula is C8H8F4N4O4. The van der Waals surface area contributed by atoms with Crippen molar-refractivity contribution in [3.63, 3.8) is 0 Å². The number of rotatable bonds is 6. The van der Waals surface area contributed by atoms with E-state index in [-0.39, 0.29) is 0 Å². The van der Waals surface area contributed by atoms with Crippen molar-refractivity contribution < 1.29 is 37.1 Å². The van der Waals surface area contributed by atoms with E-state index in [1.807, 2.05) is 5.32 Å². The van der Waals surface area contributed by atoms with Crippen molar-refractivity contribution in [3.05, 3.63) is 0 Å². The van der Waals surface area contributed by atoms with Gasteiger partial charge in [-0.1, -0.05) is 5.16 Å². The highest BCUT2D eigenvalue weighted by Crippen LogP contribution is 2.23. The number of hydrogen-bond acceptors (Lipinski definition) is 6. The van der Waals surface area contributed by atoms with Gasteiger partial charge in [0.25, 0.3) is 5.91 Å². The Balaban J connectivity index is 4.03. The van der Waals surface area contributed by atoms with Gasteiger partial charge in [0.15, 0.2) is 0 Å². The average molecular weight is 300 g/mol. The maximum atomic E-state index is 12.2. The molecule has 0 aromatic rings. The maximum Gasteiger partial charge on any atom is 0.416 e. The summed E-state index contributed by atoms with van der Waals surface area (Å²) in [4.78, 5) is 21.9. The van der Waals surface area contributed by atoms with Crippen LogP contribution in [0.2, 0.25) is 0 Å². The third kappa shape index (κ3) is 5.96. The summed E-state index contributed by atoms with van der Waals surface area (Å²) in [7, 11) is 0. The SMILES string of the molecule is N#C/C(=N\O)C(=O)NC(=O)NCCOC(F)(F)C(F)F. The Labute approximate surface area is 109 Å². The molecule has 0 aromatic heterocycles. The van der Waals surface area contributed by atoms with Crippen LogP contribution in [0.5, 0.6) is 0 Å². The molecule has 0 heterocycles. The van der Waals surface area contributed by atoms with Crippen LogP contribution in [0.25, 0.3) is 0 Å². The third-order valence-corrected chi connectivity index (χ3v) is 1.58. The lowest BCUT2D eigenvalue weighted by Gasteiger charge is -2.15. The third-order valence-electron chi connectivity index (χ3n) is 1.58. The van der Waals surface area contributed by atoms with Gasteiger partial charge in [0.05, 0.1) is 6.61 Å². The summed E-state index contributed by atoms with van der Waals surface area (Å²) in [5.74, 6) is -1.34. The van der Waals surface area contributed by atoms with E-state index in [0.717, 1.165) is 6.07 Å². The molecule has 0 radical (unpaired) electrons. The largest absolute Gasteiger partial charge is 0.416 e. The molecule has 8 nitrogen and oxygen atoms in total. The van der Waals surface area contributed by atoms with E-state index in [0.29, 0.717) is 0 Å². The number of hydrogen-bond donors (Lipinski definition) is 3. The highest BCUT2D eigenvalue weighted by Gasteiger charge is 2.42. The lowest BCUT2D eigenvalue weighted by atomic mass is 10.4. The molecule has 20 heavy (non-hydrogen) atoms. The standard InChI is InChI=1S/C8H8F4N4O4/c9-6(10)8(11,12)20-2-1-14-7(18)15-5(17)4(3-13)16-19/h6,19H,1-2H2,(H2,14,15,17,18)/b16-4+. The van der Waals surface area contributed by atoms with E-state index < -0.39 is 43.3 Å².